The van der Waals surface area contributed by atoms with Gasteiger partial charge < -0.3 is 15.2 Å². The first-order chi connectivity index (χ1) is 13.8. The van der Waals surface area contributed by atoms with Crippen molar-refractivity contribution in [2.24, 2.45) is 0 Å². The first-order valence-corrected chi connectivity index (χ1v) is 10.3. The molecule has 0 bridgehead atoms. The molecule has 0 saturated carbocycles. The van der Waals surface area contributed by atoms with Crippen LogP contribution in [-0.4, -0.2) is 29.4 Å². The van der Waals surface area contributed by atoms with Gasteiger partial charge in [0, 0.05) is 46.1 Å². The second-order valence-electron chi connectivity index (χ2n) is 7.77. The molecule has 3 aromatic rings. The van der Waals surface area contributed by atoms with Crippen LogP contribution in [0.3, 0.4) is 0 Å². The van der Waals surface area contributed by atoms with E-state index in [1.165, 1.54) is 11.1 Å². The lowest BCUT2D eigenvalue weighted by Crippen LogP contribution is -2.31. The summed E-state index contributed by atoms with van der Waals surface area (Å²) in [4.78, 5) is 18.0. The quantitative estimate of drug-likeness (QED) is 0.557. The Hall–Kier alpha value is -2.27. The maximum atomic E-state index is 12.5. The van der Waals surface area contributed by atoms with E-state index in [1.54, 1.807) is 0 Å². The summed E-state index contributed by atoms with van der Waals surface area (Å²) in [5.41, 5.74) is 6.75. The predicted octanol–water partition coefficient (Wildman–Crippen LogP) is 5.77. The van der Waals surface area contributed by atoms with Crippen LogP contribution in [0.15, 0.2) is 42.5 Å². The molecule has 4 nitrogen and oxygen atoms in total. The lowest BCUT2D eigenvalue weighted by atomic mass is 9.84. The maximum absolute atomic E-state index is 12.5. The Kier molecular flexibility index (Phi) is 5.43. The van der Waals surface area contributed by atoms with E-state index in [9.17, 15) is 4.79 Å². The number of likely N-dealkylation sites (N-methyl/N-ethyl adjacent to an activating group) is 1. The molecule has 6 heteroatoms. The molecule has 1 aliphatic rings. The molecule has 1 aliphatic heterocycles. The number of nitrogens with one attached hydrogen (secondary N) is 2. The molecule has 4 rings (SSSR count). The van der Waals surface area contributed by atoms with Crippen LogP contribution in [0.2, 0.25) is 10.0 Å². The minimum absolute atomic E-state index is 0.110. The summed E-state index contributed by atoms with van der Waals surface area (Å²) in [6, 6.07) is 13.7. The topological polar surface area (TPSA) is 48.1 Å². The highest BCUT2D eigenvalue weighted by atomic mass is 35.5. The van der Waals surface area contributed by atoms with Gasteiger partial charge in [0.15, 0.2) is 0 Å². The van der Waals surface area contributed by atoms with Crippen molar-refractivity contribution in [3.63, 3.8) is 0 Å². The second kappa shape index (κ2) is 7.86. The van der Waals surface area contributed by atoms with E-state index < -0.39 is 0 Å². The molecular formula is C23H23Cl2N3O. The summed E-state index contributed by atoms with van der Waals surface area (Å²) in [5.74, 6) is 0.0696. The van der Waals surface area contributed by atoms with E-state index in [0.717, 1.165) is 35.7 Å². The number of nitrogens with zero attached hydrogens (tertiary/aromatic N) is 1. The van der Waals surface area contributed by atoms with Crippen molar-refractivity contribution in [3.8, 4) is 0 Å². The second-order valence-corrected chi connectivity index (χ2v) is 8.62. The highest BCUT2D eigenvalue weighted by Gasteiger charge is 2.27. The number of benzene rings is 2. The molecule has 0 spiro atoms. The first kappa shape index (κ1) is 20.0. The summed E-state index contributed by atoms with van der Waals surface area (Å²) < 4.78 is 0. The van der Waals surface area contributed by atoms with Gasteiger partial charge in [-0.2, -0.15) is 0 Å². The summed E-state index contributed by atoms with van der Waals surface area (Å²) >= 11 is 12.7. The fourth-order valence-electron chi connectivity index (χ4n) is 4.09. The van der Waals surface area contributed by atoms with Crippen molar-refractivity contribution in [3.05, 3.63) is 86.2 Å². The Bertz CT molecular complexity index is 1070. The number of rotatable bonds is 3. The van der Waals surface area contributed by atoms with Crippen molar-refractivity contribution in [1.29, 1.82) is 0 Å². The number of carbonyl (C=O) groups is 1. The monoisotopic (exact) mass is 427 g/mol. The lowest BCUT2D eigenvalue weighted by molar-refractivity contribution is 0.102. The minimum atomic E-state index is -0.110. The average molecular weight is 428 g/mol. The van der Waals surface area contributed by atoms with Crippen LogP contribution in [0.1, 0.15) is 44.4 Å². The zero-order valence-corrected chi connectivity index (χ0v) is 18.2. The number of aryl methyl sites for hydroxylation is 2. The van der Waals surface area contributed by atoms with Gasteiger partial charge in [-0.1, -0.05) is 35.3 Å². The molecule has 29 heavy (non-hydrogen) atoms. The third kappa shape index (κ3) is 4.06. The lowest BCUT2D eigenvalue weighted by Gasteiger charge is -2.33. The number of aromatic amines is 1. The number of aromatic nitrogens is 1. The van der Waals surface area contributed by atoms with Crippen LogP contribution in [0.25, 0.3) is 0 Å². The van der Waals surface area contributed by atoms with E-state index in [0.29, 0.717) is 15.6 Å². The Morgan fingerprint density at radius 3 is 2.52 bits per heavy atom. The largest absolute Gasteiger partial charge is 0.362 e. The fourth-order valence-corrected chi connectivity index (χ4v) is 4.66. The standard InChI is InChI=1S/C23H23Cl2N3O/c1-13-8-18(14(2)26-13)23(29)27-17-6-4-15(5-7-17)20-11-28(3)12-21-19(20)9-16(24)10-22(21)25/h4-10,20,26H,11-12H2,1-3H3,(H,27,29). The molecule has 0 fully saturated rings. The van der Waals surface area contributed by atoms with Crippen LogP contribution in [0.4, 0.5) is 5.69 Å². The van der Waals surface area contributed by atoms with Gasteiger partial charge in [-0.15, -0.1) is 0 Å². The Labute approximate surface area is 180 Å². The molecular weight excluding hydrogens is 405 g/mol. The summed E-state index contributed by atoms with van der Waals surface area (Å²) in [6.45, 7) is 5.54. The van der Waals surface area contributed by atoms with Crippen LogP contribution in [0.5, 0.6) is 0 Å². The normalized spacial score (nSPS) is 16.5. The molecule has 1 unspecified atom stereocenters. The van der Waals surface area contributed by atoms with E-state index in [4.69, 9.17) is 23.2 Å². The predicted molar refractivity (Wildman–Crippen MR) is 119 cm³/mol. The number of H-pyrrole nitrogens is 1. The third-order valence-electron chi connectivity index (χ3n) is 5.46. The molecule has 150 valence electrons. The van der Waals surface area contributed by atoms with Crippen LogP contribution >= 0.6 is 23.2 Å². The average Bonchev–Trinajstić information content (AvgIpc) is 3.01. The molecule has 1 atom stereocenters. The van der Waals surface area contributed by atoms with Gasteiger partial charge in [0.1, 0.15) is 0 Å². The number of fused-ring (bicyclic) bond motifs is 1. The Morgan fingerprint density at radius 1 is 1.14 bits per heavy atom. The highest BCUT2D eigenvalue weighted by molar-refractivity contribution is 6.35. The van der Waals surface area contributed by atoms with Gasteiger partial charge in [-0.05, 0) is 67.9 Å². The molecule has 1 aromatic heterocycles. The highest BCUT2D eigenvalue weighted by Crippen LogP contribution is 2.38. The molecule has 0 radical (unpaired) electrons. The molecule has 0 saturated heterocycles. The molecule has 2 N–H and O–H groups in total. The minimum Gasteiger partial charge on any atom is -0.362 e. The zero-order valence-electron chi connectivity index (χ0n) is 16.6. The molecule has 1 amide bonds. The van der Waals surface area contributed by atoms with Gasteiger partial charge in [-0.3, -0.25) is 4.79 Å². The van der Waals surface area contributed by atoms with Crippen LogP contribution in [0, 0.1) is 13.8 Å². The molecule has 2 heterocycles. The number of amides is 1. The summed E-state index contributed by atoms with van der Waals surface area (Å²) in [6.07, 6.45) is 0. The zero-order chi connectivity index (χ0) is 20.7. The molecule has 0 aliphatic carbocycles. The number of anilines is 1. The smallest absolute Gasteiger partial charge is 0.257 e. The number of hydrogen-bond acceptors (Lipinski definition) is 2. The van der Waals surface area contributed by atoms with E-state index in [2.05, 4.69) is 34.4 Å². The van der Waals surface area contributed by atoms with Crippen molar-refractivity contribution < 1.29 is 4.79 Å². The van der Waals surface area contributed by atoms with Gasteiger partial charge in [0.2, 0.25) is 0 Å². The van der Waals surface area contributed by atoms with Gasteiger partial charge >= 0.3 is 0 Å². The van der Waals surface area contributed by atoms with E-state index >= 15 is 0 Å². The van der Waals surface area contributed by atoms with Crippen LogP contribution < -0.4 is 5.32 Å². The van der Waals surface area contributed by atoms with Crippen molar-refractivity contribution >= 4 is 34.8 Å². The van der Waals surface area contributed by atoms with Crippen molar-refractivity contribution in [2.75, 3.05) is 18.9 Å². The fraction of sp³-hybridized carbons (Fsp3) is 0.261. The van der Waals surface area contributed by atoms with E-state index in [1.807, 2.05) is 44.2 Å². The number of hydrogen-bond donors (Lipinski definition) is 2. The third-order valence-corrected chi connectivity index (χ3v) is 6.01. The molecule has 2 aromatic carbocycles. The van der Waals surface area contributed by atoms with E-state index in [-0.39, 0.29) is 11.8 Å². The Balaban J connectivity index is 1.59. The van der Waals surface area contributed by atoms with Crippen molar-refractivity contribution in [2.45, 2.75) is 26.3 Å². The Morgan fingerprint density at radius 2 is 1.86 bits per heavy atom. The van der Waals surface area contributed by atoms with Gasteiger partial charge in [0.25, 0.3) is 5.91 Å². The first-order valence-electron chi connectivity index (χ1n) is 9.55. The number of carbonyl (C=O) groups excluding carboxylic acids is 1. The van der Waals surface area contributed by atoms with Crippen LogP contribution in [-0.2, 0) is 6.54 Å². The van der Waals surface area contributed by atoms with Crippen molar-refractivity contribution in [1.82, 2.24) is 9.88 Å². The summed E-state index contributed by atoms with van der Waals surface area (Å²) in [5, 5.41) is 4.35. The van der Waals surface area contributed by atoms with Gasteiger partial charge in [-0.25, -0.2) is 0 Å². The SMILES string of the molecule is Cc1cc(C(=O)Nc2ccc(C3CN(C)Cc4c(Cl)cc(Cl)cc43)cc2)c(C)[nH]1. The maximum Gasteiger partial charge on any atom is 0.257 e. The van der Waals surface area contributed by atoms with Gasteiger partial charge in [0.05, 0.1) is 5.56 Å². The number of halogens is 2. The summed E-state index contributed by atoms with van der Waals surface area (Å²) in [7, 11) is 2.09.